The van der Waals surface area contributed by atoms with E-state index in [9.17, 15) is 30.0 Å². The van der Waals surface area contributed by atoms with Gasteiger partial charge in [-0.25, -0.2) is 4.68 Å². The topological polar surface area (TPSA) is 248 Å². The predicted octanol–water partition coefficient (Wildman–Crippen LogP) is 3.70. The van der Waals surface area contributed by atoms with Crippen LogP contribution in [0, 0.1) is 23.7 Å². The van der Waals surface area contributed by atoms with Crippen molar-refractivity contribution < 1.29 is 68.0 Å². The summed E-state index contributed by atoms with van der Waals surface area (Å²) in [5.41, 5.74) is 3.33. The van der Waals surface area contributed by atoms with Crippen LogP contribution in [0.5, 0.6) is 0 Å². The molecule has 1 aromatic carbocycles. The van der Waals surface area contributed by atoms with Crippen LogP contribution in [0.1, 0.15) is 72.9 Å². The van der Waals surface area contributed by atoms with Crippen molar-refractivity contribution in [2.24, 2.45) is 28.8 Å². The molecule has 3 aromatic rings. The molecule has 0 aliphatic carbocycles. The summed E-state index contributed by atoms with van der Waals surface area (Å²) in [6, 6.07) is 8.97. The number of aromatic nitrogens is 4. The van der Waals surface area contributed by atoms with Gasteiger partial charge < -0.3 is 68.1 Å². The van der Waals surface area contributed by atoms with Crippen molar-refractivity contribution in [1.82, 2.24) is 24.9 Å². The number of likely N-dealkylation sites (N-methyl/N-ethyl adjacent to an activating group) is 1. The molecule has 0 radical (unpaired) electrons. The SMILES string of the molecule is CC[C@H]1OC(=O)C[C@@H](O)[C@H](C)[C@@H](O[C@@H]2O[C@H](C)[C@@H](O)[C@H](N(C)C)[C@H]2O)[C@@H](CC=O)C[C@@H](C)C(=N\OCc2cn(-c3cnc4ccccc4c3)nn2)/C=C/C(C)=C/[C@@H]1CO[C@@H]1O[C@H](C)[C@@H](O)[C@@H](OC)[C@H]1OC. The number of para-hydroxylation sites is 1. The third kappa shape index (κ3) is 13.9. The van der Waals surface area contributed by atoms with Crippen LogP contribution in [-0.4, -0.2) is 178 Å². The molecule has 392 valence electrons. The Morgan fingerprint density at radius 2 is 1.66 bits per heavy atom. The molecule has 0 unspecified atom stereocenters. The van der Waals surface area contributed by atoms with Crippen LogP contribution < -0.4 is 0 Å². The molecule has 20 nitrogen and oxygen atoms in total. The first-order valence-electron chi connectivity index (χ1n) is 24.5. The lowest BCUT2D eigenvalue weighted by atomic mass is 9.79. The van der Waals surface area contributed by atoms with Crippen LogP contribution in [-0.2, 0) is 54.2 Å². The lowest BCUT2D eigenvalue weighted by Crippen LogP contribution is -2.63. The van der Waals surface area contributed by atoms with E-state index >= 15 is 0 Å². The van der Waals surface area contributed by atoms with Gasteiger partial charge in [-0.3, -0.25) is 9.78 Å². The third-order valence-electron chi connectivity index (χ3n) is 13.9. The number of rotatable bonds is 15. The van der Waals surface area contributed by atoms with E-state index in [0.717, 1.165) is 28.4 Å². The summed E-state index contributed by atoms with van der Waals surface area (Å²) in [6.07, 6.45) is -1.45. The number of oxime groups is 1. The van der Waals surface area contributed by atoms with E-state index in [1.165, 1.54) is 14.2 Å². The van der Waals surface area contributed by atoms with Crippen LogP contribution >= 0.6 is 0 Å². The number of benzene rings is 1. The number of esters is 1. The average molecular weight is 995 g/mol. The molecule has 17 atom stereocenters. The number of carbonyl (C=O) groups excluding carboxylic acids is 2. The molecule has 71 heavy (non-hydrogen) atoms. The lowest BCUT2D eigenvalue weighted by Gasteiger charge is -2.46. The molecule has 20 heteroatoms. The van der Waals surface area contributed by atoms with Crippen molar-refractivity contribution in [3.8, 4) is 5.69 Å². The van der Waals surface area contributed by atoms with Crippen molar-refractivity contribution in [2.45, 2.75) is 153 Å². The number of hydrogen-bond acceptors (Lipinski definition) is 19. The van der Waals surface area contributed by atoms with Gasteiger partial charge in [0, 0.05) is 43.8 Å². The highest BCUT2D eigenvalue weighted by Crippen LogP contribution is 2.35. The quantitative estimate of drug-likeness (QED) is 0.0963. The van der Waals surface area contributed by atoms with E-state index < -0.39 is 116 Å². The Hall–Kier alpha value is -4.58. The number of ether oxygens (including phenoxy) is 7. The fourth-order valence-electron chi connectivity index (χ4n) is 9.74. The third-order valence-corrected chi connectivity index (χ3v) is 13.9. The fraction of sp³-hybridized carbons (Fsp3) is 0.647. The van der Waals surface area contributed by atoms with Gasteiger partial charge in [0.05, 0.1) is 78.9 Å². The summed E-state index contributed by atoms with van der Waals surface area (Å²) in [5, 5.41) is 59.5. The van der Waals surface area contributed by atoms with Gasteiger partial charge >= 0.3 is 5.97 Å². The zero-order chi connectivity index (χ0) is 51.5. The number of nitrogens with zero attached hydrogens (tertiary/aromatic N) is 6. The first-order chi connectivity index (χ1) is 34.0. The molecule has 5 heterocycles. The van der Waals surface area contributed by atoms with Gasteiger partial charge in [-0.2, -0.15) is 0 Å². The van der Waals surface area contributed by atoms with Crippen molar-refractivity contribution in [3.63, 3.8) is 0 Å². The number of methoxy groups -OCH3 is 2. The molecule has 3 aliphatic rings. The Bertz CT molecular complexity index is 2280. The van der Waals surface area contributed by atoms with Crippen molar-refractivity contribution >= 4 is 28.9 Å². The normalized spacial score (nSPS) is 36.5. The number of pyridine rings is 1. The molecule has 4 N–H and O–H groups in total. The van der Waals surface area contributed by atoms with Gasteiger partial charge in [-0.1, -0.05) is 67.1 Å². The van der Waals surface area contributed by atoms with Crippen LogP contribution in [0.4, 0.5) is 0 Å². The summed E-state index contributed by atoms with van der Waals surface area (Å²) in [5.74, 6) is -3.06. The second-order valence-corrected chi connectivity index (χ2v) is 19.3. The van der Waals surface area contributed by atoms with E-state index in [0.29, 0.717) is 17.8 Å². The number of carbonyl (C=O) groups is 2. The van der Waals surface area contributed by atoms with Crippen molar-refractivity contribution in [3.05, 3.63) is 72.2 Å². The molecule has 0 amide bonds. The molecule has 0 bridgehead atoms. The molecular formula is C51H74N6O14. The van der Waals surface area contributed by atoms with Gasteiger partial charge in [0.25, 0.3) is 0 Å². The van der Waals surface area contributed by atoms with Crippen LogP contribution in [0.15, 0.2) is 71.7 Å². The Morgan fingerprint density at radius 1 is 0.944 bits per heavy atom. The monoisotopic (exact) mass is 995 g/mol. The minimum absolute atomic E-state index is 0.00414. The minimum atomic E-state index is -1.34. The van der Waals surface area contributed by atoms with Gasteiger partial charge in [0.1, 0.15) is 42.5 Å². The first-order valence-corrected chi connectivity index (χ1v) is 24.5. The van der Waals surface area contributed by atoms with E-state index in [1.54, 1.807) is 56.8 Å². The average Bonchev–Trinajstić information content (AvgIpc) is 3.82. The van der Waals surface area contributed by atoms with E-state index in [2.05, 4.69) is 20.5 Å². The molecule has 0 spiro atoms. The van der Waals surface area contributed by atoms with Crippen molar-refractivity contribution in [2.75, 3.05) is 34.9 Å². The van der Waals surface area contributed by atoms with Gasteiger partial charge in [-0.15, -0.1) is 5.10 Å². The largest absolute Gasteiger partial charge is 0.462 e. The highest BCUT2D eigenvalue weighted by atomic mass is 16.7. The Labute approximate surface area is 415 Å². The molecule has 6 rings (SSSR count). The van der Waals surface area contributed by atoms with Gasteiger partial charge in [0.2, 0.25) is 0 Å². The van der Waals surface area contributed by atoms with Crippen LogP contribution in [0.2, 0.25) is 0 Å². The Balaban J connectivity index is 1.34. The lowest BCUT2D eigenvalue weighted by molar-refractivity contribution is -0.304. The van der Waals surface area contributed by atoms with E-state index in [-0.39, 0.29) is 26.1 Å². The smallest absolute Gasteiger partial charge is 0.308 e. The predicted molar refractivity (Wildman–Crippen MR) is 260 cm³/mol. The van der Waals surface area contributed by atoms with Crippen molar-refractivity contribution in [1.29, 1.82) is 0 Å². The summed E-state index contributed by atoms with van der Waals surface area (Å²) in [7, 11) is 6.42. The highest BCUT2D eigenvalue weighted by Gasteiger charge is 2.48. The number of hydrogen-bond donors (Lipinski definition) is 4. The zero-order valence-corrected chi connectivity index (χ0v) is 42.5. The van der Waals surface area contributed by atoms with Gasteiger partial charge in [-0.05, 0) is 71.8 Å². The number of allylic oxidation sites excluding steroid dienone is 3. The maximum Gasteiger partial charge on any atom is 0.308 e. The second kappa shape index (κ2) is 25.9. The van der Waals surface area contributed by atoms with Crippen LogP contribution in [0.3, 0.4) is 0 Å². The Kier molecular flexibility index (Phi) is 20.3. The van der Waals surface area contributed by atoms with Crippen LogP contribution in [0.25, 0.3) is 16.6 Å². The highest BCUT2D eigenvalue weighted by molar-refractivity contribution is 5.96. The molecule has 2 fully saturated rings. The number of aliphatic hydroxyl groups is 4. The molecule has 2 saturated heterocycles. The summed E-state index contributed by atoms with van der Waals surface area (Å²) in [6.45, 7) is 10.8. The second-order valence-electron chi connectivity index (χ2n) is 19.3. The fourth-order valence-corrected chi connectivity index (χ4v) is 9.74. The molecular weight excluding hydrogens is 921 g/mol. The zero-order valence-electron chi connectivity index (χ0n) is 42.5. The Morgan fingerprint density at radius 3 is 2.37 bits per heavy atom. The summed E-state index contributed by atoms with van der Waals surface area (Å²) < 4.78 is 44.2. The first kappa shape index (κ1) is 55.7. The number of fused-ring (bicyclic) bond motifs is 1. The number of aliphatic hydroxyl groups excluding tert-OH is 4. The summed E-state index contributed by atoms with van der Waals surface area (Å²) >= 11 is 0. The molecule has 0 saturated carbocycles. The number of aldehydes is 1. The summed E-state index contributed by atoms with van der Waals surface area (Å²) in [4.78, 5) is 38.7. The number of cyclic esters (lactones) is 1. The van der Waals surface area contributed by atoms with E-state index in [4.69, 9.17) is 38.0 Å². The minimum Gasteiger partial charge on any atom is -0.462 e. The maximum atomic E-state index is 13.9. The standard InChI is InChI=1S/C51H74N6O14/c1-11-41-35(26-66-51-49(65-10)48(64-9)45(62)32(6)69-51)20-28(2)16-17-38(54-67-27-36-25-57(55-53-36)37-22-33-14-12-13-15-39(33)52-24-37)29(3)21-34(18-19-58)47(30(4)40(59)23-42(60)70-41)71-50-46(63)43(56(7)8)44(61)31(5)68-50/h12-17,19-20,22,24-25,29-32,34-35,40-41,43-51,59,61-63H,11,18,21,23,26-27H2,1-10H3/b17-16+,28-20+,54-38-/t29-,30+,31-,32-,34+,35-,40-,41-,43+,44-,45-,46-,47-,48-,49-,50+,51-/m1/s1. The molecule has 3 aliphatic heterocycles. The maximum absolute atomic E-state index is 13.9. The van der Waals surface area contributed by atoms with Gasteiger partial charge in [0.15, 0.2) is 19.2 Å². The molecule has 2 aromatic heterocycles. The van der Waals surface area contributed by atoms with E-state index in [1.807, 2.05) is 69.3 Å².